The van der Waals surface area contributed by atoms with Crippen LogP contribution in [0.15, 0.2) is 24.3 Å². The monoisotopic (exact) mass is 312 g/mol. The van der Waals surface area contributed by atoms with Crippen LogP contribution in [0.3, 0.4) is 0 Å². The number of benzene rings is 1. The Balaban J connectivity index is 2.17. The summed E-state index contributed by atoms with van der Waals surface area (Å²) >= 11 is 5.79. The number of carbonyl (C=O) groups excluding carboxylic acids is 2. The zero-order chi connectivity index (χ0) is 15.7. The fourth-order valence-electron chi connectivity index (χ4n) is 1.57. The van der Waals surface area contributed by atoms with Crippen molar-refractivity contribution in [3.8, 4) is 5.75 Å². The second-order valence-corrected chi connectivity index (χ2v) is 5.62. The van der Waals surface area contributed by atoms with Gasteiger partial charge in [0, 0.05) is 17.9 Å². The number of ether oxygens (including phenoxy) is 2. The van der Waals surface area contributed by atoms with Crippen LogP contribution in [0.4, 0.5) is 0 Å². The van der Waals surface area contributed by atoms with E-state index >= 15 is 0 Å². The lowest BCUT2D eigenvalue weighted by atomic mass is 10.1. The number of hydrogen-bond acceptors (Lipinski definition) is 4. The van der Waals surface area contributed by atoms with Crippen molar-refractivity contribution in [2.45, 2.75) is 39.5 Å². The fraction of sp³-hybridized carbons (Fsp3) is 0.500. The van der Waals surface area contributed by atoms with Crippen molar-refractivity contribution in [3.63, 3.8) is 0 Å². The average Bonchev–Trinajstić information content (AvgIpc) is 2.38. The highest BCUT2D eigenvalue weighted by molar-refractivity contribution is 6.30. The molecule has 21 heavy (non-hydrogen) atoms. The Bertz CT molecular complexity index is 471. The number of hydrogen-bond donors (Lipinski definition) is 0. The molecule has 0 saturated heterocycles. The molecule has 0 bridgehead atoms. The van der Waals surface area contributed by atoms with Crippen molar-refractivity contribution in [2.75, 3.05) is 6.61 Å². The maximum atomic E-state index is 11.6. The fourth-order valence-corrected chi connectivity index (χ4v) is 1.75. The zero-order valence-corrected chi connectivity index (χ0v) is 13.2. The Labute approximate surface area is 130 Å². The van der Waals surface area contributed by atoms with Crippen LogP contribution >= 0.6 is 11.6 Å². The van der Waals surface area contributed by atoms with Crippen LogP contribution in [0.1, 0.15) is 39.5 Å². The molecule has 5 heteroatoms. The van der Waals surface area contributed by atoms with Crippen molar-refractivity contribution in [1.29, 1.82) is 0 Å². The molecule has 116 valence electrons. The van der Waals surface area contributed by atoms with E-state index in [-0.39, 0.29) is 24.8 Å². The number of rotatable bonds is 8. The Morgan fingerprint density at radius 2 is 1.90 bits per heavy atom. The van der Waals surface area contributed by atoms with E-state index in [1.807, 2.05) is 0 Å². The van der Waals surface area contributed by atoms with Crippen LogP contribution in [0.25, 0.3) is 0 Å². The first-order chi connectivity index (χ1) is 9.97. The second-order valence-electron chi connectivity index (χ2n) is 5.19. The molecule has 1 rings (SSSR count). The van der Waals surface area contributed by atoms with Gasteiger partial charge in [0.2, 0.25) is 0 Å². The van der Waals surface area contributed by atoms with E-state index in [9.17, 15) is 9.59 Å². The first-order valence-electron chi connectivity index (χ1n) is 7.09. The van der Waals surface area contributed by atoms with E-state index in [1.54, 1.807) is 24.3 Å². The van der Waals surface area contributed by atoms with Gasteiger partial charge >= 0.3 is 11.9 Å². The molecule has 0 heterocycles. The first-order valence-corrected chi connectivity index (χ1v) is 7.47. The third kappa shape index (κ3) is 8.35. The summed E-state index contributed by atoms with van der Waals surface area (Å²) in [5.41, 5.74) is 0. The molecule has 0 atom stereocenters. The summed E-state index contributed by atoms with van der Waals surface area (Å²) in [6, 6.07) is 6.63. The van der Waals surface area contributed by atoms with Gasteiger partial charge in [-0.25, -0.2) is 0 Å². The molecular formula is C16H21ClO4. The molecule has 0 saturated carbocycles. The molecule has 0 spiro atoms. The molecule has 0 N–H and O–H groups in total. The van der Waals surface area contributed by atoms with Crippen molar-refractivity contribution < 1.29 is 19.1 Å². The lowest BCUT2D eigenvalue weighted by Gasteiger charge is -2.07. The lowest BCUT2D eigenvalue weighted by molar-refractivity contribution is -0.144. The largest absolute Gasteiger partial charge is 0.466 e. The maximum absolute atomic E-state index is 11.6. The van der Waals surface area contributed by atoms with Gasteiger partial charge in [0.1, 0.15) is 5.75 Å². The summed E-state index contributed by atoms with van der Waals surface area (Å²) in [6.45, 7) is 4.57. The van der Waals surface area contributed by atoms with Crippen LogP contribution in [0, 0.1) is 5.92 Å². The first kappa shape index (κ1) is 17.5. The molecule has 1 aromatic carbocycles. The summed E-state index contributed by atoms with van der Waals surface area (Å²) in [6.07, 6.45) is 1.66. The molecule has 4 nitrogen and oxygen atoms in total. The minimum atomic E-state index is -0.382. The topological polar surface area (TPSA) is 52.6 Å². The summed E-state index contributed by atoms with van der Waals surface area (Å²) in [5, 5.41) is 0.508. The Kier molecular flexibility index (Phi) is 7.83. The van der Waals surface area contributed by atoms with Gasteiger partial charge in [0.15, 0.2) is 0 Å². The number of esters is 2. The second kappa shape index (κ2) is 9.40. The Hall–Kier alpha value is -1.55. The average molecular weight is 313 g/mol. The molecular weight excluding hydrogens is 292 g/mol. The SMILES string of the molecule is CC(C)CCOC(=O)CCCC(=O)Oc1cccc(Cl)c1. The minimum absolute atomic E-state index is 0.172. The van der Waals surface area contributed by atoms with Crippen molar-refractivity contribution in [2.24, 2.45) is 5.92 Å². The Morgan fingerprint density at radius 1 is 1.19 bits per heavy atom. The molecule has 0 aliphatic carbocycles. The van der Waals surface area contributed by atoms with E-state index in [4.69, 9.17) is 21.1 Å². The predicted molar refractivity (Wildman–Crippen MR) is 81.4 cm³/mol. The van der Waals surface area contributed by atoms with Crippen molar-refractivity contribution in [3.05, 3.63) is 29.3 Å². The van der Waals surface area contributed by atoms with E-state index in [1.165, 1.54) is 0 Å². The standard InChI is InChI=1S/C16H21ClO4/c1-12(2)9-10-20-15(18)7-4-8-16(19)21-14-6-3-5-13(17)11-14/h3,5-6,11-12H,4,7-10H2,1-2H3. The molecule has 1 aromatic rings. The molecule has 0 amide bonds. The third-order valence-electron chi connectivity index (χ3n) is 2.75. The van der Waals surface area contributed by atoms with Crippen LogP contribution < -0.4 is 4.74 Å². The van der Waals surface area contributed by atoms with Crippen molar-refractivity contribution in [1.82, 2.24) is 0 Å². The molecule has 0 aromatic heterocycles. The van der Waals surface area contributed by atoms with E-state index in [0.717, 1.165) is 6.42 Å². The molecule has 0 unspecified atom stereocenters. The van der Waals surface area contributed by atoms with Gasteiger partial charge in [0.25, 0.3) is 0 Å². The van der Waals surface area contributed by atoms with Gasteiger partial charge in [-0.2, -0.15) is 0 Å². The smallest absolute Gasteiger partial charge is 0.311 e. The number of carbonyl (C=O) groups is 2. The summed E-state index contributed by atoms with van der Waals surface area (Å²) in [7, 11) is 0. The molecule has 0 fully saturated rings. The van der Waals surface area contributed by atoms with E-state index < -0.39 is 0 Å². The lowest BCUT2D eigenvalue weighted by Crippen LogP contribution is -2.11. The summed E-state index contributed by atoms with van der Waals surface area (Å²) in [5.74, 6) is 0.260. The van der Waals surface area contributed by atoms with Gasteiger partial charge in [0.05, 0.1) is 6.61 Å². The normalized spacial score (nSPS) is 10.5. The van der Waals surface area contributed by atoms with Crippen LogP contribution in [0.5, 0.6) is 5.75 Å². The zero-order valence-electron chi connectivity index (χ0n) is 12.4. The highest BCUT2D eigenvalue weighted by Gasteiger charge is 2.08. The summed E-state index contributed by atoms with van der Waals surface area (Å²) < 4.78 is 10.2. The minimum Gasteiger partial charge on any atom is -0.466 e. The van der Waals surface area contributed by atoms with Crippen LogP contribution in [-0.4, -0.2) is 18.5 Å². The highest BCUT2D eigenvalue weighted by Crippen LogP contribution is 2.17. The third-order valence-corrected chi connectivity index (χ3v) is 2.98. The summed E-state index contributed by atoms with van der Waals surface area (Å²) in [4.78, 5) is 23.0. The van der Waals surface area contributed by atoms with E-state index in [2.05, 4.69) is 13.8 Å². The number of halogens is 1. The molecule has 0 radical (unpaired) electrons. The van der Waals surface area contributed by atoms with Crippen LogP contribution in [-0.2, 0) is 14.3 Å². The maximum Gasteiger partial charge on any atom is 0.311 e. The van der Waals surface area contributed by atoms with E-state index in [0.29, 0.717) is 29.7 Å². The Morgan fingerprint density at radius 3 is 2.57 bits per heavy atom. The van der Waals surface area contributed by atoms with Gasteiger partial charge in [-0.1, -0.05) is 31.5 Å². The van der Waals surface area contributed by atoms with Gasteiger partial charge < -0.3 is 9.47 Å². The van der Waals surface area contributed by atoms with Gasteiger partial charge in [-0.15, -0.1) is 0 Å². The van der Waals surface area contributed by atoms with Crippen molar-refractivity contribution >= 4 is 23.5 Å². The van der Waals surface area contributed by atoms with Gasteiger partial charge in [-0.05, 0) is 37.0 Å². The van der Waals surface area contributed by atoms with Gasteiger partial charge in [-0.3, -0.25) is 9.59 Å². The van der Waals surface area contributed by atoms with Crippen LogP contribution in [0.2, 0.25) is 5.02 Å². The molecule has 0 aliphatic rings. The molecule has 0 aliphatic heterocycles. The highest BCUT2D eigenvalue weighted by atomic mass is 35.5. The predicted octanol–water partition coefficient (Wildman–Crippen LogP) is 4.01. The quantitative estimate of drug-likeness (QED) is 0.537.